The van der Waals surface area contributed by atoms with Gasteiger partial charge in [0.2, 0.25) is 0 Å². The monoisotopic (exact) mass is 217 g/mol. The van der Waals surface area contributed by atoms with Gasteiger partial charge >= 0.3 is 0 Å². The zero-order chi connectivity index (χ0) is 10.1. The first-order chi connectivity index (χ1) is 6.72. The smallest absolute Gasteiger partial charge is 0.277 e. The normalized spacial score (nSPS) is 32.3. The lowest BCUT2D eigenvalue weighted by molar-refractivity contribution is -0.612. The van der Waals surface area contributed by atoms with Crippen LogP contribution in [0, 0.1) is 5.21 Å². The van der Waals surface area contributed by atoms with Gasteiger partial charge in [-0.25, -0.2) is 0 Å². The molecule has 1 fully saturated rings. The maximum atomic E-state index is 11.2. The highest BCUT2D eigenvalue weighted by molar-refractivity contribution is 7.09. The fourth-order valence-corrected chi connectivity index (χ4v) is 2.33. The predicted molar refractivity (Wildman–Crippen MR) is 48.6 cm³/mol. The minimum Gasteiger partial charge on any atom is -0.618 e. The van der Waals surface area contributed by atoms with Gasteiger partial charge in [-0.05, 0) is 0 Å². The van der Waals surface area contributed by atoms with Crippen molar-refractivity contribution in [1.29, 1.82) is 0 Å². The Balaban J connectivity index is 2.12. The third-order valence-electron chi connectivity index (χ3n) is 2.28. The molecule has 5 nitrogen and oxygen atoms in total. The van der Waals surface area contributed by atoms with E-state index in [9.17, 15) is 10.3 Å². The summed E-state index contributed by atoms with van der Waals surface area (Å²) in [5.41, 5.74) is 0. The van der Waals surface area contributed by atoms with E-state index in [1.54, 1.807) is 5.38 Å². The van der Waals surface area contributed by atoms with Crippen LogP contribution in [-0.2, 0) is 4.74 Å². The molecule has 1 aliphatic rings. The van der Waals surface area contributed by atoms with Crippen LogP contribution in [-0.4, -0.2) is 29.0 Å². The SMILES string of the molecule is [O-][n+]1ccsc1[C@H]1C[C@H](O)[C@@H](CO)O1. The Morgan fingerprint density at radius 3 is 3.00 bits per heavy atom. The number of aromatic nitrogens is 1. The molecule has 6 heteroatoms. The van der Waals surface area contributed by atoms with Gasteiger partial charge in [0.05, 0.1) is 18.1 Å². The molecular formula is C8H11NO4S. The van der Waals surface area contributed by atoms with Crippen LogP contribution in [0.15, 0.2) is 11.6 Å². The third kappa shape index (κ3) is 1.61. The van der Waals surface area contributed by atoms with Gasteiger partial charge in [0, 0.05) is 6.42 Å². The van der Waals surface area contributed by atoms with Crippen LogP contribution in [0.1, 0.15) is 17.5 Å². The number of rotatable bonds is 2. The maximum absolute atomic E-state index is 11.2. The molecule has 1 aliphatic heterocycles. The Labute approximate surface area is 84.8 Å². The van der Waals surface area contributed by atoms with Crippen LogP contribution in [0.5, 0.6) is 0 Å². The van der Waals surface area contributed by atoms with E-state index in [1.807, 2.05) is 0 Å². The Hall–Kier alpha value is -0.690. The highest BCUT2D eigenvalue weighted by Crippen LogP contribution is 2.32. The summed E-state index contributed by atoms with van der Waals surface area (Å²) in [5.74, 6) is 0. The van der Waals surface area contributed by atoms with Crippen molar-refractivity contribution in [2.75, 3.05) is 6.61 Å². The first-order valence-corrected chi connectivity index (χ1v) is 5.21. The summed E-state index contributed by atoms with van der Waals surface area (Å²) >= 11 is 1.29. The van der Waals surface area contributed by atoms with Crippen molar-refractivity contribution >= 4 is 11.3 Å². The van der Waals surface area contributed by atoms with Crippen molar-refractivity contribution < 1.29 is 19.7 Å². The van der Waals surface area contributed by atoms with E-state index in [2.05, 4.69) is 0 Å². The van der Waals surface area contributed by atoms with E-state index in [-0.39, 0.29) is 12.7 Å². The molecule has 1 aromatic rings. The van der Waals surface area contributed by atoms with Crippen molar-refractivity contribution in [2.24, 2.45) is 0 Å². The fraction of sp³-hybridized carbons (Fsp3) is 0.625. The highest BCUT2D eigenvalue weighted by Gasteiger charge is 2.38. The molecule has 1 saturated heterocycles. The molecule has 0 aliphatic carbocycles. The third-order valence-corrected chi connectivity index (χ3v) is 3.22. The summed E-state index contributed by atoms with van der Waals surface area (Å²) in [6, 6.07) is 0. The number of hydrogen-bond donors (Lipinski definition) is 2. The Morgan fingerprint density at radius 2 is 2.50 bits per heavy atom. The van der Waals surface area contributed by atoms with Crippen molar-refractivity contribution in [3.63, 3.8) is 0 Å². The largest absolute Gasteiger partial charge is 0.618 e. The summed E-state index contributed by atoms with van der Waals surface area (Å²) in [7, 11) is 0. The number of aliphatic hydroxyl groups is 2. The van der Waals surface area contributed by atoms with Gasteiger partial charge in [-0.15, -0.1) is 0 Å². The molecule has 0 bridgehead atoms. The van der Waals surface area contributed by atoms with Crippen molar-refractivity contribution in [1.82, 2.24) is 0 Å². The minimum atomic E-state index is -0.688. The minimum absolute atomic E-state index is 0.220. The average Bonchev–Trinajstić information content (AvgIpc) is 2.71. The molecule has 0 radical (unpaired) electrons. The van der Waals surface area contributed by atoms with Crippen molar-refractivity contribution in [3.8, 4) is 0 Å². The standard InChI is InChI=1S/C8H11NO4S/c10-4-7-5(11)3-6(13-7)8-9(12)1-2-14-8/h1-2,5-7,10-11H,3-4H2/t5-,6+,7+/m0/s1. The molecule has 0 unspecified atom stereocenters. The first kappa shape index (κ1) is 9.85. The number of thiazole rings is 1. The van der Waals surface area contributed by atoms with E-state index < -0.39 is 12.2 Å². The topological polar surface area (TPSA) is 76.6 Å². The molecule has 1 aromatic heterocycles. The fourth-order valence-electron chi connectivity index (χ4n) is 1.55. The lowest BCUT2D eigenvalue weighted by atomic mass is 10.1. The van der Waals surface area contributed by atoms with Gasteiger partial charge in [0.25, 0.3) is 5.01 Å². The molecule has 0 saturated carbocycles. The molecular weight excluding hydrogens is 206 g/mol. The second kappa shape index (κ2) is 3.82. The van der Waals surface area contributed by atoms with E-state index >= 15 is 0 Å². The van der Waals surface area contributed by atoms with Gasteiger partial charge < -0.3 is 20.2 Å². The van der Waals surface area contributed by atoms with E-state index in [0.29, 0.717) is 11.4 Å². The second-order valence-corrected chi connectivity index (χ2v) is 4.14. The Kier molecular flexibility index (Phi) is 2.69. The number of aliphatic hydroxyl groups excluding tert-OH is 2. The molecule has 14 heavy (non-hydrogen) atoms. The van der Waals surface area contributed by atoms with Crippen LogP contribution < -0.4 is 4.73 Å². The van der Waals surface area contributed by atoms with Crippen molar-refractivity contribution in [3.05, 3.63) is 21.8 Å². The van der Waals surface area contributed by atoms with E-state index in [4.69, 9.17) is 9.84 Å². The van der Waals surface area contributed by atoms with Crippen molar-refractivity contribution in [2.45, 2.75) is 24.7 Å². The quantitative estimate of drug-likeness (QED) is 0.520. The summed E-state index contributed by atoms with van der Waals surface area (Å²) < 4.78 is 6.08. The van der Waals surface area contributed by atoms with Crippen LogP contribution >= 0.6 is 11.3 Å². The summed E-state index contributed by atoms with van der Waals surface area (Å²) in [6.45, 7) is -0.220. The van der Waals surface area contributed by atoms with E-state index in [0.717, 1.165) is 4.73 Å². The molecule has 0 amide bonds. The zero-order valence-electron chi connectivity index (χ0n) is 7.37. The number of nitrogens with zero attached hydrogens (tertiary/aromatic N) is 1. The summed E-state index contributed by atoms with van der Waals surface area (Å²) in [4.78, 5) is 0. The highest BCUT2D eigenvalue weighted by atomic mass is 32.1. The lowest BCUT2D eigenvalue weighted by Crippen LogP contribution is -2.29. The molecule has 0 spiro atoms. The van der Waals surface area contributed by atoms with Gasteiger partial charge in [0.15, 0.2) is 12.3 Å². The second-order valence-electron chi connectivity index (χ2n) is 3.22. The van der Waals surface area contributed by atoms with Crippen LogP contribution in [0.4, 0.5) is 0 Å². The molecule has 0 aromatic carbocycles. The Bertz CT molecular complexity index is 316. The first-order valence-electron chi connectivity index (χ1n) is 4.33. The van der Waals surface area contributed by atoms with Crippen LogP contribution in [0.2, 0.25) is 0 Å². The average molecular weight is 217 g/mol. The predicted octanol–water partition coefficient (Wildman–Crippen LogP) is -0.435. The summed E-state index contributed by atoms with van der Waals surface area (Å²) in [5, 5.41) is 31.7. The zero-order valence-corrected chi connectivity index (χ0v) is 8.18. The van der Waals surface area contributed by atoms with Gasteiger partial charge in [0.1, 0.15) is 6.10 Å². The lowest BCUT2D eigenvalue weighted by Gasteiger charge is -2.09. The van der Waals surface area contributed by atoms with Crippen LogP contribution in [0.25, 0.3) is 0 Å². The Morgan fingerprint density at radius 1 is 1.71 bits per heavy atom. The molecule has 2 N–H and O–H groups in total. The molecule has 2 heterocycles. The number of ether oxygens (including phenoxy) is 1. The number of hydrogen-bond acceptors (Lipinski definition) is 5. The van der Waals surface area contributed by atoms with Gasteiger partial charge in [-0.1, -0.05) is 11.3 Å². The van der Waals surface area contributed by atoms with E-state index in [1.165, 1.54) is 17.5 Å². The molecule has 2 rings (SSSR count). The summed E-state index contributed by atoms with van der Waals surface area (Å²) in [6.07, 6.45) is 0.129. The van der Waals surface area contributed by atoms with Gasteiger partial charge in [-0.2, -0.15) is 4.73 Å². The van der Waals surface area contributed by atoms with Crippen LogP contribution in [0.3, 0.4) is 0 Å². The molecule has 78 valence electrons. The maximum Gasteiger partial charge on any atom is 0.277 e. The van der Waals surface area contributed by atoms with Gasteiger partial charge in [-0.3, -0.25) is 0 Å². The molecule has 3 atom stereocenters.